The summed E-state index contributed by atoms with van der Waals surface area (Å²) < 4.78 is 35.1. The Kier molecular flexibility index (Phi) is 4.55. The van der Waals surface area contributed by atoms with Gasteiger partial charge in [-0.3, -0.25) is 0 Å². The fourth-order valence-corrected chi connectivity index (χ4v) is 0.838. The predicted octanol–water partition coefficient (Wildman–Crippen LogP) is 1.12. The molecule has 0 aliphatic rings. The molecule has 0 fully saturated rings. The van der Waals surface area contributed by atoms with Crippen molar-refractivity contribution in [1.82, 2.24) is 5.32 Å². The first-order valence-electron chi connectivity index (χ1n) is 3.87. The van der Waals surface area contributed by atoms with Crippen LogP contribution in [0.3, 0.4) is 0 Å². The molecule has 0 heterocycles. The van der Waals surface area contributed by atoms with Gasteiger partial charge in [-0.1, -0.05) is 13.8 Å². The van der Waals surface area contributed by atoms with Crippen LogP contribution in [0.1, 0.15) is 13.8 Å². The molecule has 0 aliphatic carbocycles. The maximum atomic E-state index is 11.7. The maximum absolute atomic E-state index is 11.7. The summed E-state index contributed by atoms with van der Waals surface area (Å²) in [7, 11) is 0. The van der Waals surface area contributed by atoms with Gasteiger partial charge >= 0.3 is 6.18 Å². The molecule has 74 valence electrons. The molecule has 0 rings (SSSR count). The minimum absolute atomic E-state index is 0.123. The molecule has 2 nitrogen and oxygen atoms in total. The van der Waals surface area contributed by atoms with Crippen LogP contribution in [-0.4, -0.2) is 25.3 Å². The lowest BCUT2D eigenvalue weighted by atomic mass is 10.1. The van der Waals surface area contributed by atoms with Crippen molar-refractivity contribution in [3.05, 3.63) is 0 Å². The Morgan fingerprint density at radius 2 is 1.83 bits per heavy atom. The van der Waals surface area contributed by atoms with Crippen molar-refractivity contribution >= 4 is 0 Å². The number of nitrogens with two attached hydrogens (primary N) is 1. The molecule has 0 aromatic rings. The van der Waals surface area contributed by atoms with Gasteiger partial charge in [-0.25, -0.2) is 0 Å². The molecular formula is C7H15F3N2. The van der Waals surface area contributed by atoms with E-state index in [2.05, 4.69) is 5.32 Å². The van der Waals surface area contributed by atoms with Crippen molar-refractivity contribution in [1.29, 1.82) is 0 Å². The molecule has 0 spiro atoms. The minimum Gasteiger partial charge on any atom is -0.329 e. The third-order valence-corrected chi connectivity index (χ3v) is 1.62. The lowest BCUT2D eigenvalue weighted by Crippen LogP contribution is -2.44. The Balaban J connectivity index is 3.73. The molecule has 0 saturated heterocycles. The molecule has 5 heteroatoms. The van der Waals surface area contributed by atoms with Crippen LogP contribution < -0.4 is 11.1 Å². The SMILES string of the molecule is CC(C)C(CN)NCC(F)(F)F. The lowest BCUT2D eigenvalue weighted by Gasteiger charge is -2.21. The van der Waals surface area contributed by atoms with E-state index in [1.807, 2.05) is 13.8 Å². The van der Waals surface area contributed by atoms with Crippen molar-refractivity contribution in [2.75, 3.05) is 13.1 Å². The topological polar surface area (TPSA) is 38.0 Å². The third-order valence-electron chi connectivity index (χ3n) is 1.62. The molecule has 0 saturated carbocycles. The second kappa shape index (κ2) is 4.67. The zero-order valence-corrected chi connectivity index (χ0v) is 7.28. The van der Waals surface area contributed by atoms with Gasteiger partial charge in [-0.15, -0.1) is 0 Å². The fraction of sp³-hybridized carbons (Fsp3) is 1.00. The van der Waals surface area contributed by atoms with Crippen molar-refractivity contribution in [3.8, 4) is 0 Å². The average molecular weight is 184 g/mol. The lowest BCUT2D eigenvalue weighted by molar-refractivity contribution is -0.126. The van der Waals surface area contributed by atoms with Crippen LogP contribution >= 0.6 is 0 Å². The number of alkyl halides is 3. The number of hydrogen-bond donors (Lipinski definition) is 2. The molecule has 0 amide bonds. The average Bonchev–Trinajstić information content (AvgIpc) is 1.85. The van der Waals surface area contributed by atoms with E-state index in [-0.39, 0.29) is 18.5 Å². The Hall–Kier alpha value is -0.290. The highest BCUT2D eigenvalue weighted by atomic mass is 19.4. The van der Waals surface area contributed by atoms with Crippen LogP contribution in [0.4, 0.5) is 13.2 Å². The monoisotopic (exact) mass is 184 g/mol. The Bertz CT molecular complexity index is 122. The van der Waals surface area contributed by atoms with Gasteiger partial charge in [-0.2, -0.15) is 13.2 Å². The summed E-state index contributed by atoms with van der Waals surface area (Å²) in [6.45, 7) is 2.93. The number of rotatable bonds is 4. The predicted molar refractivity (Wildman–Crippen MR) is 41.7 cm³/mol. The van der Waals surface area contributed by atoms with Gasteiger partial charge in [-0.05, 0) is 5.92 Å². The van der Waals surface area contributed by atoms with Crippen LogP contribution in [-0.2, 0) is 0 Å². The highest BCUT2D eigenvalue weighted by molar-refractivity contribution is 4.72. The molecule has 0 bridgehead atoms. The summed E-state index contributed by atoms with van der Waals surface area (Å²) >= 11 is 0. The summed E-state index contributed by atoms with van der Waals surface area (Å²) in [5.41, 5.74) is 5.27. The normalized spacial score (nSPS) is 15.2. The number of hydrogen-bond acceptors (Lipinski definition) is 2. The van der Waals surface area contributed by atoms with Crippen molar-refractivity contribution in [3.63, 3.8) is 0 Å². The van der Waals surface area contributed by atoms with E-state index >= 15 is 0 Å². The van der Waals surface area contributed by atoms with Crippen LogP contribution in [0.15, 0.2) is 0 Å². The van der Waals surface area contributed by atoms with Crippen molar-refractivity contribution in [2.24, 2.45) is 11.7 Å². The fourth-order valence-electron chi connectivity index (χ4n) is 0.838. The molecule has 0 aromatic heterocycles. The van der Waals surface area contributed by atoms with Gasteiger partial charge < -0.3 is 11.1 Å². The molecule has 1 atom stereocenters. The second-order valence-electron chi connectivity index (χ2n) is 3.08. The summed E-state index contributed by atoms with van der Waals surface area (Å²) in [5.74, 6) is 0.123. The molecule has 0 aromatic carbocycles. The van der Waals surface area contributed by atoms with E-state index < -0.39 is 12.7 Å². The smallest absolute Gasteiger partial charge is 0.329 e. The van der Waals surface area contributed by atoms with Crippen LogP contribution in [0.2, 0.25) is 0 Å². The standard InChI is InChI=1S/C7H15F3N2/c1-5(2)6(3-11)12-4-7(8,9)10/h5-6,12H,3-4,11H2,1-2H3. The van der Waals surface area contributed by atoms with Gasteiger partial charge in [0.2, 0.25) is 0 Å². The zero-order valence-electron chi connectivity index (χ0n) is 7.28. The van der Waals surface area contributed by atoms with Gasteiger partial charge in [0.05, 0.1) is 6.54 Å². The molecular weight excluding hydrogens is 169 g/mol. The van der Waals surface area contributed by atoms with Crippen LogP contribution in [0.5, 0.6) is 0 Å². The Morgan fingerprint density at radius 3 is 2.08 bits per heavy atom. The maximum Gasteiger partial charge on any atom is 0.401 e. The third kappa shape index (κ3) is 5.37. The first-order valence-corrected chi connectivity index (χ1v) is 3.87. The van der Waals surface area contributed by atoms with E-state index in [1.165, 1.54) is 0 Å². The summed E-state index contributed by atoms with van der Waals surface area (Å²) in [6.07, 6.45) is -4.15. The zero-order chi connectivity index (χ0) is 9.78. The summed E-state index contributed by atoms with van der Waals surface area (Å²) in [4.78, 5) is 0. The van der Waals surface area contributed by atoms with Gasteiger partial charge in [0.25, 0.3) is 0 Å². The summed E-state index contributed by atoms with van der Waals surface area (Å²) in [6, 6.07) is -0.258. The van der Waals surface area contributed by atoms with E-state index in [1.54, 1.807) is 0 Å². The highest BCUT2D eigenvalue weighted by Gasteiger charge is 2.28. The quantitative estimate of drug-likeness (QED) is 0.687. The van der Waals surface area contributed by atoms with Crippen molar-refractivity contribution < 1.29 is 13.2 Å². The highest BCUT2D eigenvalue weighted by Crippen LogP contribution is 2.13. The number of halogens is 3. The molecule has 0 radical (unpaired) electrons. The van der Waals surface area contributed by atoms with Gasteiger partial charge in [0.1, 0.15) is 0 Å². The Labute approximate surface area is 70.3 Å². The molecule has 0 aliphatic heterocycles. The molecule has 1 unspecified atom stereocenters. The Morgan fingerprint density at radius 1 is 1.33 bits per heavy atom. The summed E-state index contributed by atoms with van der Waals surface area (Å²) in [5, 5.41) is 2.36. The number of nitrogens with one attached hydrogen (secondary N) is 1. The van der Waals surface area contributed by atoms with Gasteiger partial charge in [0.15, 0.2) is 0 Å². The van der Waals surface area contributed by atoms with Crippen molar-refractivity contribution in [2.45, 2.75) is 26.1 Å². The largest absolute Gasteiger partial charge is 0.401 e. The van der Waals surface area contributed by atoms with E-state index in [9.17, 15) is 13.2 Å². The van der Waals surface area contributed by atoms with Crippen LogP contribution in [0.25, 0.3) is 0 Å². The van der Waals surface area contributed by atoms with E-state index in [4.69, 9.17) is 5.73 Å². The molecule has 3 N–H and O–H groups in total. The molecule has 12 heavy (non-hydrogen) atoms. The van der Waals surface area contributed by atoms with Crippen LogP contribution in [0, 0.1) is 5.92 Å². The van der Waals surface area contributed by atoms with E-state index in [0.29, 0.717) is 0 Å². The second-order valence-corrected chi connectivity index (χ2v) is 3.08. The van der Waals surface area contributed by atoms with E-state index in [0.717, 1.165) is 0 Å². The first-order chi connectivity index (χ1) is 5.37. The minimum atomic E-state index is -4.15. The first kappa shape index (κ1) is 11.7. The van der Waals surface area contributed by atoms with Gasteiger partial charge in [0, 0.05) is 12.6 Å².